The summed E-state index contributed by atoms with van der Waals surface area (Å²) in [6.45, 7) is 4.50. The number of carbonyl (C=O) groups excluding carboxylic acids is 1. The van der Waals surface area contributed by atoms with Crippen molar-refractivity contribution in [1.29, 1.82) is 0 Å². The Morgan fingerprint density at radius 2 is 1.95 bits per heavy atom. The zero-order chi connectivity index (χ0) is 14.8. The van der Waals surface area contributed by atoms with E-state index < -0.39 is 0 Å². The van der Waals surface area contributed by atoms with E-state index in [2.05, 4.69) is 14.9 Å². The van der Waals surface area contributed by atoms with Gasteiger partial charge in [-0.25, -0.2) is 4.98 Å². The molecule has 2 aromatic carbocycles. The number of aryl methyl sites for hydroxylation is 1. The van der Waals surface area contributed by atoms with Crippen molar-refractivity contribution in [2.75, 3.05) is 6.54 Å². The van der Waals surface area contributed by atoms with Gasteiger partial charge in [0.15, 0.2) is 0 Å². The van der Waals surface area contributed by atoms with E-state index in [0.29, 0.717) is 12.1 Å². The summed E-state index contributed by atoms with van der Waals surface area (Å²) in [5.41, 5.74) is 3.55. The molecule has 1 N–H and O–H groups in total. The van der Waals surface area contributed by atoms with Crippen molar-refractivity contribution in [3.05, 3.63) is 59.9 Å². The van der Waals surface area contributed by atoms with Crippen LogP contribution in [0.2, 0.25) is 0 Å². The van der Waals surface area contributed by atoms with Crippen LogP contribution in [0.1, 0.15) is 23.1 Å². The van der Waals surface area contributed by atoms with Crippen LogP contribution in [-0.4, -0.2) is 22.0 Å². The fourth-order valence-corrected chi connectivity index (χ4v) is 2.51. The van der Waals surface area contributed by atoms with E-state index >= 15 is 0 Å². The molecular formula is C17H17N3O. The highest BCUT2D eigenvalue weighted by Gasteiger charge is 2.12. The maximum atomic E-state index is 11.9. The number of carbonyl (C=O) groups is 1. The molecule has 0 fully saturated rings. The van der Waals surface area contributed by atoms with Crippen LogP contribution in [0.5, 0.6) is 0 Å². The number of hydrogen-bond donors (Lipinski definition) is 1. The van der Waals surface area contributed by atoms with Crippen LogP contribution < -0.4 is 5.32 Å². The van der Waals surface area contributed by atoms with Gasteiger partial charge in [0.05, 0.1) is 11.0 Å². The lowest BCUT2D eigenvalue weighted by molar-refractivity contribution is 0.0956. The summed E-state index contributed by atoms with van der Waals surface area (Å²) >= 11 is 0. The SMILES string of the molecule is CCNC(=O)c1ccc2c(c1)nc(C)n2-c1ccccc1. The average Bonchev–Trinajstić information content (AvgIpc) is 2.83. The predicted molar refractivity (Wildman–Crippen MR) is 83.8 cm³/mol. The summed E-state index contributed by atoms with van der Waals surface area (Å²) in [4.78, 5) is 16.5. The van der Waals surface area contributed by atoms with Crippen LogP contribution in [0.3, 0.4) is 0 Å². The molecule has 0 radical (unpaired) electrons. The van der Waals surface area contributed by atoms with Crippen molar-refractivity contribution in [3.8, 4) is 5.69 Å². The second-order valence-electron chi connectivity index (χ2n) is 4.89. The molecule has 0 aliphatic rings. The van der Waals surface area contributed by atoms with E-state index in [-0.39, 0.29) is 5.91 Å². The van der Waals surface area contributed by atoms with E-state index in [9.17, 15) is 4.79 Å². The highest BCUT2D eigenvalue weighted by molar-refractivity contribution is 5.97. The van der Waals surface area contributed by atoms with Crippen LogP contribution in [0.4, 0.5) is 0 Å². The number of hydrogen-bond acceptors (Lipinski definition) is 2. The lowest BCUT2D eigenvalue weighted by Gasteiger charge is -2.07. The second kappa shape index (κ2) is 5.40. The van der Waals surface area contributed by atoms with Gasteiger partial charge < -0.3 is 5.32 Å². The molecule has 4 heteroatoms. The van der Waals surface area contributed by atoms with Crippen LogP contribution in [-0.2, 0) is 0 Å². The fourth-order valence-electron chi connectivity index (χ4n) is 2.51. The Morgan fingerprint density at radius 3 is 2.67 bits per heavy atom. The van der Waals surface area contributed by atoms with Gasteiger partial charge in [-0.05, 0) is 44.2 Å². The van der Waals surface area contributed by atoms with Crippen molar-refractivity contribution in [3.63, 3.8) is 0 Å². The Labute approximate surface area is 123 Å². The average molecular weight is 279 g/mol. The smallest absolute Gasteiger partial charge is 0.251 e. The van der Waals surface area contributed by atoms with Crippen molar-refractivity contribution in [2.24, 2.45) is 0 Å². The van der Waals surface area contributed by atoms with Crippen molar-refractivity contribution in [2.45, 2.75) is 13.8 Å². The molecule has 21 heavy (non-hydrogen) atoms. The monoisotopic (exact) mass is 279 g/mol. The lowest BCUT2D eigenvalue weighted by Crippen LogP contribution is -2.22. The minimum absolute atomic E-state index is 0.0636. The normalized spacial score (nSPS) is 10.8. The summed E-state index contributed by atoms with van der Waals surface area (Å²) < 4.78 is 2.09. The summed E-state index contributed by atoms with van der Waals surface area (Å²) in [6.07, 6.45) is 0. The molecule has 4 nitrogen and oxygen atoms in total. The minimum atomic E-state index is -0.0636. The van der Waals surface area contributed by atoms with Gasteiger partial charge >= 0.3 is 0 Å². The van der Waals surface area contributed by atoms with Crippen LogP contribution in [0, 0.1) is 6.92 Å². The van der Waals surface area contributed by atoms with Crippen LogP contribution >= 0.6 is 0 Å². The summed E-state index contributed by atoms with van der Waals surface area (Å²) in [5.74, 6) is 0.843. The first-order valence-corrected chi connectivity index (χ1v) is 7.03. The summed E-state index contributed by atoms with van der Waals surface area (Å²) in [6, 6.07) is 15.7. The van der Waals surface area contributed by atoms with E-state index in [1.807, 2.05) is 62.4 Å². The summed E-state index contributed by atoms with van der Waals surface area (Å²) in [7, 11) is 0. The number of aromatic nitrogens is 2. The molecule has 0 aliphatic heterocycles. The van der Waals surface area contributed by atoms with Crippen LogP contribution in [0.25, 0.3) is 16.7 Å². The Bertz CT molecular complexity index is 790. The largest absolute Gasteiger partial charge is 0.352 e. The molecule has 1 heterocycles. The first-order valence-electron chi connectivity index (χ1n) is 7.03. The Balaban J connectivity index is 2.12. The molecule has 0 spiro atoms. The zero-order valence-electron chi connectivity index (χ0n) is 12.1. The molecule has 0 saturated heterocycles. The van der Waals surface area contributed by atoms with Gasteiger partial charge in [0.2, 0.25) is 0 Å². The Kier molecular flexibility index (Phi) is 3.44. The number of nitrogens with zero attached hydrogens (tertiary/aromatic N) is 2. The van der Waals surface area contributed by atoms with Gasteiger partial charge in [0, 0.05) is 17.8 Å². The predicted octanol–water partition coefficient (Wildman–Crippen LogP) is 3.08. The topological polar surface area (TPSA) is 46.9 Å². The quantitative estimate of drug-likeness (QED) is 0.801. The van der Waals surface area contributed by atoms with E-state index in [4.69, 9.17) is 0 Å². The van der Waals surface area contributed by atoms with Gasteiger partial charge in [-0.2, -0.15) is 0 Å². The maximum Gasteiger partial charge on any atom is 0.251 e. The standard InChI is InChI=1S/C17H17N3O/c1-3-18-17(21)13-9-10-16-15(11-13)19-12(2)20(16)14-7-5-4-6-8-14/h4-11H,3H2,1-2H3,(H,18,21). The molecule has 0 saturated carbocycles. The first kappa shape index (κ1) is 13.4. The first-order chi connectivity index (χ1) is 10.2. The number of para-hydroxylation sites is 1. The Morgan fingerprint density at radius 1 is 1.19 bits per heavy atom. The van der Waals surface area contributed by atoms with Gasteiger partial charge in [-0.1, -0.05) is 18.2 Å². The third-order valence-electron chi connectivity index (χ3n) is 3.44. The molecule has 1 aromatic heterocycles. The number of fused-ring (bicyclic) bond motifs is 1. The Hall–Kier alpha value is -2.62. The van der Waals surface area contributed by atoms with Gasteiger partial charge in [0.25, 0.3) is 5.91 Å². The molecular weight excluding hydrogens is 262 g/mol. The number of amides is 1. The third-order valence-corrected chi connectivity index (χ3v) is 3.44. The lowest BCUT2D eigenvalue weighted by atomic mass is 10.2. The molecule has 0 unspecified atom stereocenters. The zero-order valence-corrected chi connectivity index (χ0v) is 12.1. The number of nitrogens with one attached hydrogen (secondary N) is 1. The van der Waals surface area contributed by atoms with Gasteiger partial charge in [-0.3, -0.25) is 9.36 Å². The number of rotatable bonds is 3. The number of benzene rings is 2. The number of imidazole rings is 1. The maximum absolute atomic E-state index is 11.9. The van der Waals surface area contributed by atoms with E-state index in [1.54, 1.807) is 0 Å². The second-order valence-corrected chi connectivity index (χ2v) is 4.89. The molecule has 106 valence electrons. The van der Waals surface area contributed by atoms with Crippen molar-refractivity contribution in [1.82, 2.24) is 14.9 Å². The fraction of sp³-hybridized carbons (Fsp3) is 0.176. The molecule has 3 aromatic rings. The minimum Gasteiger partial charge on any atom is -0.352 e. The molecule has 3 rings (SSSR count). The highest BCUT2D eigenvalue weighted by Crippen LogP contribution is 2.22. The molecule has 0 aliphatic carbocycles. The third kappa shape index (κ3) is 2.40. The van der Waals surface area contributed by atoms with Crippen molar-refractivity contribution >= 4 is 16.9 Å². The van der Waals surface area contributed by atoms with E-state index in [1.165, 1.54) is 0 Å². The van der Waals surface area contributed by atoms with Crippen molar-refractivity contribution < 1.29 is 4.79 Å². The van der Waals surface area contributed by atoms with Crippen LogP contribution in [0.15, 0.2) is 48.5 Å². The molecule has 0 bridgehead atoms. The molecule has 1 amide bonds. The molecule has 0 atom stereocenters. The summed E-state index contributed by atoms with van der Waals surface area (Å²) in [5, 5.41) is 2.81. The highest BCUT2D eigenvalue weighted by atomic mass is 16.1. The van der Waals surface area contributed by atoms with Gasteiger partial charge in [-0.15, -0.1) is 0 Å². The van der Waals surface area contributed by atoms with Gasteiger partial charge in [0.1, 0.15) is 5.82 Å². The van der Waals surface area contributed by atoms with E-state index in [0.717, 1.165) is 22.5 Å².